The van der Waals surface area contributed by atoms with Gasteiger partial charge in [-0.05, 0) is 23.8 Å². The zero-order chi connectivity index (χ0) is 11.6. The van der Waals surface area contributed by atoms with Crippen molar-refractivity contribution in [3.8, 4) is 0 Å². The second-order valence-corrected chi connectivity index (χ2v) is 3.85. The number of carboxylic acid groups (broad SMARTS) is 1. The minimum absolute atomic E-state index is 0.142. The van der Waals surface area contributed by atoms with Gasteiger partial charge in [0, 0.05) is 6.54 Å². The third kappa shape index (κ3) is 2.52. The van der Waals surface area contributed by atoms with Crippen LogP contribution in [0.25, 0.3) is 0 Å². The Morgan fingerprint density at radius 2 is 2.33 bits per heavy atom. The quantitative estimate of drug-likeness (QED) is 0.591. The lowest BCUT2D eigenvalue weighted by atomic mass is 9.94. The Morgan fingerprint density at radius 1 is 1.73 bits per heavy atom. The van der Waals surface area contributed by atoms with Crippen LogP contribution in [0.1, 0.15) is 13.8 Å². The first kappa shape index (κ1) is 11.2. The highest BCUT2D eigenvalue weighted by atomic mass is 16.6. The van der Waals surface area contributed by atoms with Crippen LogP contribution >= 0.6 is 0 Å². The van der Waals surface area contributed by atoms with E-state index in [4.69, 9.17) is 5.11 Å². The standard InChI is InChI=1S/C8H11N3O4/c1-8(2,7(12)13)4-10-3-6(9-5-10)11(14)15/h3,5H,4H2,1-2H3,(H,12,13). The summed E-state index contributed by atoms with van der Waals surface area (Å²) in [7, 11) is 0. The van der Waals surface area contributed by atoms with E-state index >= 15 is 0 Å². The number of nitro groups is 1. The number of hydrogen-bond acceptors (Lipinski definition) is 4. The zero-order valence-corrected chi connectivity index (χ0v) is 8.38. The molecule has 15 heavy (non-hydrogen) atoms. The van der Waals surface area contributed by atoms with Crippen molar-refractivity contribution in [3.63, 3.8) is 0 Å². The summed E-state index contributed by atoms with van der Waals surface area (Å²) in [5, 5.41) is 19.2. The number of imidazole rings is 1. The Hall–Kier alpha value is -1.92. The van der Waals surface area contributed by atoms with E-state index in [1.165, 1.54) is 17.1 Å². The average Bonchev–Trinajstić information content (AvgIpc) is 2.51. The van der Waals surface area contributed by atoms with E-state index in [2.05, 4.69) is 4.98 Å². The molecule has 0 aliphatic heterocycles. The largest absolute Gasteiger partial charge is 0.481 e. The van der Waals surface area contributed by atoms with Crippen LogP contribution in [0.4, 0.5) is 5.82 Å². The molecule has 0 saturated heterocycles. The maximum Gasteiger partial charge on any atom is 0.381 e. The molecule has 1 aromatic rings. The van der Waals surface area contributed by atoms with E-state index in [1.807, 2.05) is 0 Å². The number of carbonyl (C=O) groups is 1. The molecule has 0 bridgehead atoms. The number of aromatic nitrogens is 2. The Labute approximate surface area is 85.5 Å². The summed E-state index contributed by atoms with van der Waals surface area (Å²) in [6.45, 7) is 3.23. The van der Waals surface area contributed by atoms with Gasteiger partial charge in [0.25, 0.3) is 0 Å². The average molecular weight is 213 g/mol. The lowest BCUT2D eigenvalue weighted by Gasteiger charge is -2.18. The molecule has 7 heteroatoms. The Bertz CT molecular complexity index is 396. The van der Waals surface area contributed by atoms with Crippen molar-refractivity contribution in [1.82, 2.24) is 9.55 Å². The Balaban J connectivity index is 2.82. The van der Waals surface area contributed by atoms with Gasteiger partial charge in [0.15, 0.2) is 0 Å². The van der Waals surface area contributed by atoms with Gasteiger partial charge in [-0.25, -0.2) is 0 Å². The first-order chi connectivity index (χ1) is 6.83. The van der Waals surface area contributed by atoms with Crippen LogP contribution in [0, 0.1) is 15.5 Å². The molecule has 0 amide bonds. The van der Waals surface area contributed by atoms with Gasteiger partial charge in [0.2, 0.25) is 6.33 Å². The maximum absolute atomic E-state index is 10.8. The van der Waals surface area contributed by atoms with Crippen molar-refractivity contribution >= 4 is 11.8 Å². The summed E-state index contributed by atoms with van der Waals surface area (Å²) in [4.78, 5) is 24.0. The molecule has 0 aliphatic rings. The molecule has 1 aromatic heterocycles. The van der Waals surface area contributed by atoms with Crippen molar-refractivity contribution in [2.45, 2.75) is 20.4 Å². The smallest absolute Gasteiger partial charge is 0.381 e. The van der Waals surface area contributed by atoms with Crippen LogP contribution in [-0.4, -0.2) is 25.6 Å². The van der Waals surface area contributed by atoms with Gasteiger partial charge in [0.05, 0.1) is 5.41 Å². The van der Waals surface area contributed by atoms with Gasteiger partial charge in [0.1, 0.15) is 6.20 Å². The molecule has 0 radical (unpaired) electrons. The number of aliphatic carboxylic acids is 1. The van der Waals surface area contributed by atoms with Gasteiger partial charge in [-0.1, -0.05) is 0 Å². The van der Waals surface area contributed by atoms with Gasteiger partial charge < -0.3 is 19.8 Å². The van der Waals surface area contributed by atoms with Gasteiger partial charge in [-0.15, -0.1) is 0 Å². The van der Waals surface area contributed by atoms with Crippen molar-refractivity contribution in [2.75, 3.05) is 0 Å². The summed E-state index contributed by atoms with van der Waals surface area (Å²) in [5.74, 6) is -1.24. The number of rotatable bonds is 4. The van der Waals surface area contributed by atoms with Crippen molar-refractivity contribution in [3.05, 3.63) is 22.6 Å². The molecule has 1 heterocycles. The van der Waals surface area contributed by atoms with Crippen LogP contribution in [0.2, 0.25) is 0 Å². The highest BCUT2D eigenvalue weighted by Gasteiger charge is 2.28. The van der Waals surface area contributed by atoms with E-state index in [0.717, 1.165) is 0 Å². The molecule has 0 unspecified atom stereocenters. The van der Waals surface area contributed by atoms with E-state index in [-0.39, 0.29) is 12.4 Å². The SMILES string of the molecule is CC(C)(Cn1cnc([N+](=O)[O-])c1)C(=O)O. The fourth-order valence-electron chi connectivity index (χ4n) is 1.05. The normalized spacial score (nSPS) is 11.3. The van der Waals surface area contributed by atoms with Crippen LogP contribution in [0.5, 0.6) is 0 Å². The van der Waals surface area contributed by atoms with Gasteiger partial charge in [-0.3, -0.25) is 4.79 Å². The fraction of sp³-hybridized carbons (Fsp3) is 0.500. The summed E-state index contributed by atoms with van der Waals surface area (Å²) < 4.78 is 1.40. The van der Waals surface area contributed by atoms with E-state index in [1.54, 1.807) is 13.8 Å². The molecule has 0 spiro atoms. The first-order valence-corrected chi connectivity index (χ1v) is 4.22. The minimum atomic E-state index is -0.978. The third-order valence-electron chi connectivity index (χ3n) is 1.96. The van der Waals surface area contributed by atoms with Crippen molar-refractivity contribution in [1.29, 1.82) is 0 Å². The van der Waals surface area contributed by atoms with Crippen LogP contribution in [0.3, 0.4) is 0 Å². The Morgan fingerprint density at radius 3 is 2.73 bits per heavy atom. The lowest BCUT2D eigenvalue weighted by molar-refractivity contribution is -0.389. The molecule has 1 rings (SSSR count). The summed E-state index contributed by atoms with van der Waals surface area (Å²) in [5.41, 5.74) is -0.978. The van der Waals surface area contributed by atoms with Gasteiger partial charge >= 0.3 is 11.8 Å². The fourth-order valence-corrected chi connectivity index (χ4v) is 1.05. The van der Waals surface area contributed by atoms with Crippen LogP contribution < -0.4 is 0 Å². The topological polar surface area (TPSA) is 98.3 Å². The van der Waals surface area contributed by atoms with Crippen molar-refractivity contribution in [2.24, 2.45) is 5.41 Å². The maximum atomic E-state index is 10.8. The molecule has 0 atom stereocenters. The molecule has 82 valence electrons. The highest BCUT2D eigenvalue weighted by Crippen LogP contribution is 2.19. The monoisotopic (exact) mass is 213 g/mol. The summed E-state index contributed by atoms with van der Waals surface area (Å²) >= 11 is 0. The number of hydrogen-bond donors (Lipinski definition) is 1. The predicted octanol–water partition coefficient (Wildman–Crippen LogP) is 0.902. The second kappa shape index (κ2) is 3.68. The van der Waals surface area contributed by atoms with Crippen LogP contribution in [-0.2, 0) is 11.3 Å². The summed E-state index contributed by atoms with van der Waals surface area (Å²) in [6.07, 6.45) is 2.47. The van der Waals surface area contributed by atoms with E-state index in [9.17, 15) is 14.9 Å². The summed E-state index contributed by atoms with van der Waals surface area (Å²) in [6, 6.07) is 0. The molecule has 1 N–H and O–H groups in total. The van der Waals surface area contributed by atoms with Crippen molar-refractivity contribution < 1.29 is 14.8 Å². The number of carboxylic acids is 1. The molecule has 0 fully saturated rings. The molecule has 0 saturated carbocycles. The number of nitrogens with zero attached hydrogens (tertiary/aromatic N) is 3. The lowest BCUT2D eigenvalue weighted by Crippen LogP contribution is -2.28. The van der Waals surface area contributed by atoms with Gasteiger partial charge in [-0.2, -0.15) is 0 Å². The molecule has 0 aliphatic carbocycles. The second-order valence-electron chi connectivity index (χ2n) is 3.85. The van der Waals surface area contributed by atoms with Crippen LogP contribution in [0.15, 0.2) is 12.5 Å². The van der Waals surface area contributed by atoms with E-state index in [0.29, 0.717) is 0 Å². The third-order valence-corrected chi connectivity index (χ3v) is 1.96. The Kier molecular flexibility index (Phi) is 2.74. The minimum Gasteiger partial charge on any atom is -0.481 e. The molecule has 7 nitrogen and oxygen atoms in total. The molecular weight excluding hydrogens is 202 g/mol. The first-order valence-electron chi connectivity index (χ1n) is 4.22. The zero-order valence-electron chi connectivity index (χ0n) is 8.38. The molecule has 0 aromatic carbocycles. The van der Waals surface area contributed by atoms with E-state index < -0.39 is 16.3 Å². The highest BCUT2D eigenvalue weighted by molar-refractivity contribution is 5.73. The predicted molar refractivity (Wildman–Crippen MR) is 50.3 cm³/mol. The molecular formula is C8H11N3O4.